The van der Waals surface area contributed by atoms with Gasteiger partial charge in [-0.05, 0) is 49.9 Å². The number of hydrogen-bond donors (Lipinski definition) is 2. The number of H-pyrrole nitrogens is 1. The van der Waals surface area contributed by atoms with Gasteiger partial charge >= 0.3 is 5.69 Å². The Balaban J connectivity index is 0.000000229. The third kappa shape index (κ3) is 6.77. The summed E-state index contributed by atoms with van der Waals surface area (Å²) in [4.78, 5) is 13.5. The molecule has 2 N–H and O–H groups in total. The van der Waals surface area contributed by atoms with Crippen molar-refractivity contribution in [1.82, 2.24) is 19.1 Å². The number of aromatic amines is 1. The SMILES string of the molecule is CCC(CO)c1nn(C)c(=O)[nH]1.C[C@H]1CCC(c2ccccc2)SN1Cc1cc(F)ccc1F. The second kappa shape index (κ2) is 12.3. The van der Waals surface area contributed by atoms with E-state index in [4.69, 9.17) is 5.11 Å². The van der Waals surface area contributed by atoms with E-state index >= 15 is 0 Å². The van der Waals surface area contributed by atoms with E-state index in [0.717, 1.165) is 19.3 Å². The average molecular weight is 491 g/mol. The minimum atomic E-state index is -0.384. The highest BCUT2D eigenvalue weighted by Gasteiger charge is 2.28. The number of nitrogens with one attached hydrogen (secondary N) is 1. The van der Waals surface area contributed by atoms with Crippen LogP contribution in [0.15, 0.2) is 53.3 Å². The Kier molecular flexibility index (Phi) is 9.44. The van der Waals surface area contributed by atoms with Crippen molar-refractivity contribution in [3.63, 3.8) is 0 Å². The zero-order valence-corrected chi connectivity index (χ0v) is 20.6. The number of hydrogen-bond acceptors (Lipinski definition) is 5. The van der Waals surface area contributed by atoms with Gasteiger partial charge in [0, 0.05) is 36.4 Å². The second-order valence-corrected chi connectivity index (χ2v) is 9.72. The number of aryl methyl sites for hydroxylation is 1. The topological polar surface area (TPSA) is 74.1 Å². The van der Waals surface area contributed by atoms with Crippen molar-refractivity contribution < 1.29 is 13.9 Å². The molecule has 3 atom stereocenters. The molecule has 184 valence electrons. The molecule has 2 aromatic carbocycles. The molecule has 2 heterocycles. The van der Waals surface area contributed by atoms with E-state index in [2.05, 4.69) is 33.4 Å². The monoisotopic (exact) mass is 490 g/mol. The van der Waals surface area contributed by atoms with Crippen LogP contribution < -0.4 is 5.69 Å². The highest BCUT2D eigenvalue weighted by atomic mass is 32.2. The summed E-state index contributed by atoms with van der Waals surface area (Å²) in [6.07, 6.45) is 2.94. The lowest BCUT2D eigenvalue weighted by Crippen LogP contribution is -2.31. The number of aromatic nitrogens is 3. The Labute approximate surface area is 203 Å². The molecule has 0 spiro atoms. The van der Waals surface area contributed by atoms with Gasteiger partial charge in [-0.15, -0.1) is 0 Å². The van der Waals surface area contributed by atoms with Crippen molar-refractivity contribution in [2.45, 2.75) is 56.9 Å². The van der Waals surface area contributed by atoms with Crippen molar-refractivity contribution in [1.29, 1.82) is 0 Å². The van der Waals surface area contributed by atoms with Gasteiger partial charge in [-0.3, -0.25) is 4.98 Å². The third-order valence-electron chi connectivity index (χ3n) is 5.99. The van der Waals surface area contributed by atoms with E-state index in [-0.39, 0.29) is 29.8 Å². The molecule has 0 saturated carbocycles. The van der Waals surface area contributed by atoms with Gasteiger partial charge in [0.15, 0.2) is 0 Å². The van der Waals surface area contributed by atoms with E-state index < -0.39 is 0 Å². The summed E-state index contributed by atoms with van der Waals surface area (Å²) >= 11 is 1.75. The van der Waals surface area contributed by atoms with Gasteiger partial charge in [0.2, 0.25) is 0 Å². The summed E-state index contributed by atoms with van der Waals surface area (Å²) in [6.45, 7) is 4.53. The lowest BCUT2D eigenvalue weighted by Gasteiger charge is -2.37. The van der Waals surface area contributed by atoms with Crippen molar-refractivity contribution in [2.75, 3.05) is 6.61 Å². The van der Waals surface area contributed by atoms with Gasteiger partial charge in [-0.1, -0.05) is 49.2 Å². The Hall–Kier alpha value is -2.49. The normalized spacial score (nSPS) is 19.4. The molecule has 0 amide bonds. The quantitative estimate of drug-likeness (QED) is 0.479. The summed E-state index contributed by atoms with van der Waals surface area (Å²) in [7, 11) is 1.58. The molecule has 1 fully saturated rings. The molecule has 0 bridgehead atoms. The summed E-state index contributed by atoms with van der Waals surface area (Å²) in [5.41, 5.74) is 1.48. The Morgan fingerprint density at radius 2 is 1.94 bits per heavy atom. The van der Waals surface area contributed by atoms with Crippen molar-refractivity contribution in [3.05, 3.63) is 87.6 Å². The molecule has 2 unspecified atom stereocenters. The van der Waals surface area contributed by atoms with Crippen molar-refractivity contribution >= 4 is 11.9 Å². The van der Waals surface area contributed by atoms with E-state index in [0.29, 0.717) is 29.2 Å². The minimum absolute atomic E-state index is 0.0173. The number of aliphatic hydroxyl groups excluding tert-OH is 1. The summed E-state index contributed by atoms with van der Waals surface area (Å²) in [6, 6.07) is 14.4. The number of aliphatic hydroxyl groups is 1. The van der Waals surface area contributed by atoms with Gasteiger partial charge in [-0.2, -0.15) is 5.10 Å². The highest BCUT2D eigenvalue weighted by molar-refractivity contribution is 7.97. The number of halogens is 2. The summed E-state index contributed by atoms with van der Waals surface area (Å²) in [5, 5.41) is 13.2. The van der Waals surface area contributed by atoms with Crippen LogP contribution in [-0.4, -0.2) is 36.8 Å². The van der Waals surface area contributed by atoms with Gasteiger partial charge in [-0.25, -0.2) is 22.6 Å². The van der Waals surface area contributed by atoms with E-state index in [1.807, 2.05) is 25.1 Å². The first-order valence-electron chi connectivity index (χ1n) is 11.5. The van der Waals surface area contributed by atoms with Gasteiger partial charge in [0.05, 0.1) is 6.61 Å². The van der Waals surface area contributed by atoms with Crippen LogP contribution in [0, 0.1) is 11.6 Å². The number of nitrogens with zero attached hydrogens (tertiary/aromatic N) is 3. The molecular formula is C25H32F2N4O2S. The molecular weight excluding hydrogens is 458 g/mol. The Morgan fingerprint density at radius 1 is 1.21 bits per heavy atom. The standard InChI is InChI=1S/C18H19F2NS.C7H13N3O2/c1-13-7-10-18(14-5-3-2-4-6-14)22-21(13)12-15-11-16(19)8-9-17(15)20;1-3-5(4-11)6-8-7(12)10(2)9-6/h2-6,8-9,11,13,18H,7,10,12H2,1H3;5,11H,3-4H2,1-2H3,(H,8,9,12)/t13-,18?;/m0./s1. The zero-order valence-electron chi connectivity index (χ0n) is 19.7. The number of benzene rings is 2. The predicted octanol–water partition coefficient (Wildman–Crippen LogP) is 4.93. The fourth-order valence-electron chi connectivity index (χ4n) is 3.79. The molecule has 9 heteroatoms. The van der Waals surface area contributed by atoms with Crippen LogP contribution in [-0.2, 0) is 13.6 Å². The molecule has 1 aliphatic heterocycles. The molecule has 1 aromatic heterocycles. The maximum absolute atomic E-state index is 13.9. The van der Waals surface area contributed by atoms with E-state index in [9.17, 15) is 13.6 Å². The summed E-state index contributed by atoms with van der Waals surface area (Å²) < 4.78 is 30.6. The Bertz CT molecular complexity index is 1100. The van der Waals surface area contributed by atoms with Crippen LogP contribution >= 0.6 is 11.9 Å². The highest BCUT2D eigenvalue weighted by Crippen LogP contribution is 2.43. The van der Waals surface area contributed by atoms with Crippen molar-refractivity contribution in [3.8, 4) is 0 Å². The van der Waals surface area contributed by atoms with Gasteiger partial charge < -0.3 is 5.11 Å². The molecule has 3 aromatic rings. The van der Waals surface area contributed by atoms with Crippen LogP contribution in [0.25, 0.3) is 0 Å². The lowest BCUT2D eigenvalue weighted by molar-refractivity contribution is 0.257. The van der Waals surface area contributed by atoms with Crippen LogP contribution in [0.1, 0.15) is 61.2 Å². The van der Waals surface area contributed by atoms with Crippen LogP contribution in [0.4, 0.5) is 8.78 Å². The molecule has 4 rings (SSSR count). The zero-order chi connectivity index (χ0) is 24.7. The molecule has 1 saturated heterocycles. The van der Waals surface area contributed by atoms with E-state index in [1.165, 1.54) is 28.4 Å². The minimum Gasteiger partial charge on any atom is -0.396 e. The molecule has 6 nitrogen and oxygen atoms in total. The van der Waals surface area contributed by atoms with Crippen LogP contribution in [0.2, 0.25) is 0 Å². The Morgan fingerprint density at radius 3 is 2.56 bits per heavy atom. The van der Waals surface area contributed by atoms with Crippen molar-refractivity contribution in [2.24, 2.45) is 7.05 Å². The smallest absolute Gasteiger partial charge is 0.343 e. The molecule has 0 radical (unpaired) electrons. The maximum atomic E-state index is 13.9. The van der Waals surface area contributed by atoms with Gasteiger partial charge in [0.1, 0.15) is 17.5 Å². The molecule has 0 aliphatic carbocycles. The number of rotatable bonds is 6. The fourth-order valence-corrected chi connectivity index (χ4v) is 5.17. The van der Waals surface area contributed by atoms with Crippen LogP contribution in [0.3, 0.4) is 0 Å². The second-order valence-electron chi connectivity index (χ2n) is 8.47. The van der Waals surface area contributed by atoms with Crippen LogP contribution in [0.5, 0.6) is 0 Å². The first kappa shape index (κ1) is 26.1. The molecule has 1 aliphatic rings. The predicted molar refractivity (Wildman–Crippen MR) is 131 cm³/mol. The third-order valence-corrected chi connectivity index (χ3v) is 7.51. The molecule has 34 heavy (non-hydrogen) atoms. The van der Waals surface area contributed by atoms with E-state index in [1.54, 1.807) is 19.0 Å². The van der Waals surface area contributed by atoms with Gasteiger partial charge in [0.25, 0.3) is 0 Å². The first-order valence-corrected chi connectivity index (χ1v) is 12.3. The average Bonchev–Trinajstić information content (AvgIpc) is 3.17. The summed E-state index contributed by atoms with van der Waals surface area (Å²) in [5.74, 6) is -0.215. The maximum Gasteiger partial charge on any atom is 0.343 e. The largest absolute Gasteiger partial charge is 0.396 e. The first-order chi connectivity index (χ1) is 16.3. The fraction of sp³-hybridized carbons (Fsp3) is 0.440. The lowest BCUT2D eigenvalue weighted by atomic mass is 10.0.